The molecule has 2 atom stereocenters. The summed E-state index contributed by atoms with van der Waals surface area (Å²) in [6.07, 6.45) is 11.5. The van der Waals surface area contributed by atoms with Gasteiger partial charge >= 0.3 is 6.09 Å². The summed E-state index contributed by atoms with van der Waals surface area (Å²) in [5.74, 6) is 0.848. The Morgan fingerprint density at radius 2 is 1.89 bits per heavy atom. The van der Waals surface area contributed by atoms with Gasteiger partial charge in [-0.05, 0) is 79.0 Å². The molecule has 7 nitrogen and oxygen atoms in total. The van der Waals surface area contributed by atoms with Crippen molar-refractivity contribution in [2.75, 3.05) is 20.4 Å². The summed E-state index contributed by atoms with van der Waals surface area (Å²) in [4.78, 5) is 14.2. The monoisotopic (exact) mass is 503 g/mol. The molecule has 35 heavy (non-hydrogen) atoms. The minimum Gasteiger partial charge on any atom is -0.496 e. The largest absolute Gasteiger partial charge is 0.496 e. The van der Waals surface area contributed by atoms with E-state index in [1.807, 2.05) is 52.1 Å². The molecule has 3 aliphatic rings. The van der Waals surface area contributed by atoms with Gasteiger partial charge in [-0.15, -0.1) is 0 Å². The Morgan fingerprint density at radius 1 is 1.20 bits per heavy atom. The maximum Gasteiger partial charge on any atom is 0.410 e. The van der Waals surface area contributed by atoms with Crippen LogP contribution >= 0.6 is 0 Å². The Bertz CT molecular complexity index is 1110. The first-order chi connectivity index (χ1) is 16.3. The van der Waals surface area contributed by atoms with E-state index in [9.17, 15) is 9.00 Å². The molecule has 2 unspecified atom stereocenters. The summed E-state index contributed by atoms with van der Waals surface area (Å²) in [7, 11) is 0.498. The molecule has 2 aliphatic carbocycles. The van der Waals surface area contributed by atoms with Crippen molar-refractivity contribution in [2.24, 2.45) is 5.14 Å². The van der Waals surface area contributed by atoms with Crippen molar-refractivity contribution in [1.29, 1.82) is 0 Å². The maximum absolute atomic E-state index is 12.9. The van der Waals surface area contributed by atoms with E-state index < -0.39 is 14.9 Å². The third-order valence-corrected chi connectivity index (χ3v) is 10.9. The second-order valence-corrected chi connectivity index (χ2v) is 15.7. The molecule has 1 heterocycles. The fourth-order valence-electron chi connectivity index (χ4n) is 5.26. The number of fused-ring (bicyclic) bond motifs is 1. The number of carbonyl (C=O) groups excluding carboxylic acids is 1. The third-order valence-electron chi connectivity index (χ3n) is 7.57. The van der Waals surface area contributed by atoms with Gasteiger partial charge in [-0.25, -0.2) is 4.79 Å². The van der Waals surface area contributed by atoms with Crippen LogP contribution in [0.2, 0.25) is 0 Å². The van der Waals surface area contributed by atoms with Crippen molar-refractivity contribution in [3.8, 4) is 5.75 Å². The van der Waals surface area contributed by atoms with Crippen molar-refractivity contribution < 1.29 is 18.5 Å². The normalized spacial score (nSPS) is 29.7. The highest BCUT2D eigenvalue weighted by molar-refractivity contribution is 8.25. The molecule has 1 saturated carbocycles. The summed E-state index contributed by atoms with van der Waals surface area (Å²) in [5.41, 5.74) is 2.75. The van der Waals surface area contributed by atoms with Crippen LogP contribution in [-0.2, 0) is 20.5 Å². The van der Waals surface area contributed by atoms with E-state index in [0.717, 1.165) is 48.1 Å². The molecule has 2 fully saturated rings. The van der Waals surface area contributed by atoms with Gasteiger partial charge in [-0.2, -0.15) is 0 Å². The molecule has 0 aromatic heterocycles. The number of nitrogens with zero attached hydrogens (tertiary/aromatic N) is 1. The molecule has 4 rings (SSSR count). The average Bonchev–Trinajstić information content (AvgIpc) is 3.29. The number of nitrogens with two attached hydrogens (primary N) is 1. The van der Waals surface area contributed by atoms with E-state index in [-0.39, 0.29) is 22.6 Å². The van der Waals surface area contributed by atoms with E-state index >= 15 is 0 Å². The van der Waals surface area contributed by atoms with Crippen molar-refractivity contribution in [3.63, 3.8) is 0 Å². The second kappa shape index (κ2) is 9.05. The topological polar surface area (TPSA) is 93.9 Å². The lowest BCUT2D eigenvalue weighted by atomic mass is 9.90. The fourth-order valence-corrected chi connectivity index (χ4v) is 8.19. The van der Waals surface area contributed by atoms with Crippen LogP contribution < -0.4 is 15.2 Å². The molecule has 0 spiro atoms. The maximum atomic E-state index is 12.9. The Hall–Kier alpha value is -2.16. The fraction of sp³-hybridized carbons (Fsp3) is 0.593. The Labute approximate surface area is 209 Å². The van der Waals surface area contributed by atoms with Gasteiger partial charge in [0.2, 0.25) is 0 Å². The number of nitrogens with one attached hydrogen (secondary N) is 1. The summed E-state index contributed by atoms with van der Waals surface area (Å²) >= 11 is 0. The lowest BCUT2D eigenvalue weighted by Crippen LogP contribution is -2.44. The first kappa shape index (κ1) is 25.9. The zero-order chi connectivity index (χ0) is 25.6. The second-order valence-electron chi connectivity index (χ2n) is 11.5. The zero-order valence-electron chi connectivity index (χ0n) is 21.9. The van der Waals surface area contributed by atoms with E-state index in [2.05, 4.69) is 17.5 Å². The molecule has 1 saturated heterocycles. The van der Waals surface area contributed by atoms with Crippen molar-refractivity contribution in [1.82, 2.24) is 10.2 Å². The Kier molecular flexibility index (Phi) is 6.70. The molecule has 1 aromatic rings. The summed E-state index contributed by atoms with van der Waals surface area (Å²) in [6.45, 7) is 6.37. The molecule has 0 radical (unpaired) electrons. The van der Waals surface area contributed by atoms with Crippen LogP contribution in [0.15, 0.2) is 36.4 Å². The molecule has 194 valence electrons. The van der Waals surface area contributed by atoms with Crippen LogP contribution in [0.3, 0.4) is 0 Å². The van der Waals surface area contributed by atoms with Crippen LogP contribution in [0, 0.1) is 0 Å². The molecule has 8 heteroatoms. The molecule has 0 bridgehead atoms. The number of methoxy groups -OCH3 is 1. The van der Waals surface area contributed by atoms with Gasteiger partial charge < -0.3 is 19.7 Å². The number of hydrogen-bond acceptors (Lipinski definition) is 5. The first-order valence-electron chi connectivity index (χ1n) is 12.5. The number of carbonyl (C=O) groups is 1. The lowest BCUT2D eigenvalue weighted by Gasteiger charge is -2.36. The van der Waals surface area contributed by atoms with E-state index in [1.54, 1.807) is 18.3 Å². The summed E-state index contributed by atoms with van der Waals surface area (Å²) in [5, 5.41) is 9.77. The van der Waals surface area contributed by atoms with Gasteiger partial charge in [0.25, 0.3) is 0 Å². The molecule has 1 aromatic carbocycles. The van der Waals surface area contributed by atoms with Crippen LogP contribution in [0.4, 0.5) is 4.79 Å². The van der Waals surface area contributed by atoms with E-state index in [0.29, 0.717) is 12.6 Å². The van der Waals surface area contributed by atoms with Crippen molar-refractivity contribution >= 4 is 20.9 Å². The first-order valence-corrected chi connectivity index (χ1v) is 15.0. The highest BCUT2D eigenvalue weighted by Gasteiger charge is 2.63. The predicted octanol–water partition coefficient (Wildman–Crippen LogP) is 3.99. The molecular formula is C27H41N3O4S. The van der Waals surface area contributed by atoms with Gasteiger partial charge in [0, 0.05) is 37.5 Å². The number of benzene rings is 1. The van der Waals surface area contributed by atoms with Crippen LogP contribution in [0.1, 0.15) is 57.6 Å². The zero-order valence-corrected chi connectivity index (χ0v) is 22.7. The lowest BCUT2D eigenvalue weighted by molar-refractivity contribution is 0.0179. The number of allylic oxidation sites excluding steroid dienone is 2. The number of amides is 1. The van der Waals surface area contributed by atoms with Gasteiger partial charge in [-0.3, -0.25) is 9.35 Å². The SMILES string of the molecule is COc1ccc(C2=CC3C(C=C2)S3(C)(N)=O)cc1CN[C@H]1CC[C@H](N(C)C(=O)OC(C)(C)C)CC1. The predicted molar refractivity (Wildman–Crippen MR) is 143 cm³/mol. The van der Waals surface area contributed by atoms with E-state index in [4.69, 9.17) is 14.6 Å². The smallest absolute Gasteiger partial charge is 0.410 e. The van der Waals surface area contributed by atoms with Crippen molar-refractivity contribution in [2.45, 2.75) is 81.2 Å². The average molecular weight is 504 g/mol. The number of ether oxygens (including phenoxy) is 2. The summed E-state index contributed by atoms with van der Waals surface area (Å²) in [6, 6.07) is 6.78. The van der Waals surface area contributed by atoms with Gasteiger partial charge in [-0.1, -0.05) is 24.3 Å². The highest BCUT2D eigenvalue weighted by atomic mass is 32.3. The summed E-state index contributed by atoms with van der Waals surface area (Å²) < 4.78 is 24.0. The molecule has 3 N–H and O–H groups in total. The van der Waals surface area contributed by atoms with Gasteiger partial charge in [0.15, 0.2) is 0 Å². The van der Waals surface area contributed by atoms with Crippen LogP contribution in [0.5, 0.6) is 5.75 Å². The minimum absolute atomic E-state index is 0.0281. The third kappa shape index (κ3) is 5.49. The molecular weight excluding hydrogens is 462 g/mol. The van der Waals surface area contributed by atoms with Gasteiger partial charge in [0.05, 0.1) is 17.6 Å². The van der Waals surface area contributed by atoms with Crippen molar-refractivity contribution in [3.05, 3.63) is 47.6 Å². The minimum atomic E-state index is -3.03. The molecule has 1 amide bonds. The van der Waals surface area contributed by atoms with Crippen LogP contribution in [-0.4, -0.2) is 63.8 Å². The standard InChI is InChI=1S/C27H41N3O4S/c1-27(2,3)34-26(31)30(4)22-11-9-21(10-12-22)29-17-20-15-18(7-13-23(20)33-5)19-8-14-24-25(16-19)35(24,6,28)32/h7-8,13-16,21-22,24-25,29H,9-12,17H2,1-6H3,(H2,28,32)/t21-,22-,24?,25?. The number of hydrogen-bond donors (Lipinski definition) is 2. The quantitative estimate of drug-likeness (QED) is 0.573. The highest BCUT2D eigenvalue weighted by Crippen LogP contribution is 2.53. The Morgan fingerprint density at radius 3 is 2.49 bits per heavy atom. The Balaban J connectivity index is 1.35. The number of rotatable bonds is 6. The van der Waals surface area contributed by atoms with E-state index in [1.165, 1.54) is 0 Å². The van der Waals surface area contributed by atoms with Gasteiger partial charge in [0.1, 0.15) is 11.4 Å². The van der Waals surface area contributed by atoms with Crippen LogP contribution in [0.25, 0.3) is 5.57 Å². The molecule has 1 aliphatic heterocycles.